The molecule has 74 valence electrons. The molecule has 0 saturated carbocycles. The van der Waals surface area contributed by atoms with Crippen molar-refractivity contribution in [2.24, 2.45) is 0 Å². The monoisotopic (exact) mass is 240 g/mol. The predicted octanol–water partition coefficient (Wildman–Crippen LogP) is 2.08. The predicted molar refractivity (Wildman–Crippen MR) is 55.3 cm³/mol. The molecule has 0 unspecified atom stereocenters. The summed E-state index contributed by atoms with van der Waals surface area (Å²) in [6.07, 6.45) is 1.89. The quantitative estimate of drug-likeness (QED) is 0.635. The summed E-state index contributed by atoms with van der Waals surface area (Å²) in [7, 11) is -4.04. The smallest absolute Gasteiger partial charge is 0.282 e. The molecule has 1 aromatic carbocycles. The van der Waals surface area contributed by atoms with Gasteiger partial charge in [0.05, 0.1) is 4.90 Å². The van der Waals surface area contributed by atoms with Gasteiger partial charge in [-0.15, -0.1) is 24.2 Å². The summed E-state index contributed by atoms with van der Waals surface area (Å²) in [5.41, 5.74) is 0. The van der Waals surface area contributed by atoms with E-state index in [4.69, 9.17) is 4.55 Å². The maximum Gasteiger partial charge on any atom is 0.294 e. The molecule has 0 atom stereocenters. The number of hydrogen-bond donors (Lipinski definition) is 1. The molecule has 0 bridgehead atoms. The van der Waals surface area contributed by atoms with Gasteiger partial charge in [-0.2, -0.15) is 8.42 Å². The fourth-order valence-corrected chi connectivity index (χ4v) is 1.64. The molecule has 6 heteroatoms. The zero-order chi connectivity index (χ0) is 9.19. The third kappa shape index (κ3) is 3.56. The molecule has 0 saturated heterocycles. The Labute approximate surface area is 87.7 Å². The maximum absolute atomic E-state index is 10.6. The average Bonchev–Trinajstić information content (AvgIpc) is 2.03. The van der Waals surface area contributed by atoms with E-state index in [9.17, 15) is 8.42 Å². The summed E-state index contributed by atoms with van der Waals surface area (Å²) in [5, 5.41) is 0. The average molecular weight is 241 g/mol. The first-order valence-corrected chi connectivity index (χ1v) is 5.82. The van der Waals surface area contributed by atoms with Crippen LogP contribution in [-0.2, 0) is 10.1 Å². The van der Waals surface area contributed by atoms with E-state index < -0.39 is 10.1 Å². The fraction of sp³-hybridized carbons (Fsp3) is 0.143. The Kier molecular flexibility index (Phi) is 4.77. The number of benzene rings is 1. The summed E-state index contributed by atoms with van der Waals surface area (Å²) in [6, 6.07) is 6.05. The molecule has 0 aromatic heterocycles. The fourth-order valence-electron chi connectivity index (χ4n) is 0.748. The van der Waals surface area contributed by atoms with Crippen molar-refractivity contribution in [2.75, 3.05) is 6.26 Å². The third-order valence-corrected chi connectivity index (χ3v) is 2.97. The molecule has 3 nitrogen and oxygen atoms in total. The van der Waals surface area contributed by atoms with Crippen molar-refractivity contribution in [3.8, 4) is 0 Å². The van der Waals surface area contributed by atoms with Crippen LogP contribution in [0, 0.1) is 0 Å². The number of rotatable bonds is 2. The molecular formula is C7H9ClO3S2. The summed E-state index contributed by atoms with van der Waals surface area (Å²) < 4.78 is 29.8. The van der Waals surface area contributed by atoms with Crippen LogP contribution in [0.2, 0.25) is 0 Å². The molecule has 1 aromatic rings. The van der Waals surface area contributed by atoms with Crippen molar-refractivity contribution >= 4 is 34.3 Å². The van der Waals surface area contributed by atoms with Gasteiger partial charge in [-0.25, -0.2) is 0 Å². The molecule has 0 aliphatic carbocycles. The standard InChI is InChI=1S/C7H8O3S2.ClH/c1-11-6-2-4-7(5-3-6)12(8,9)10;/h2-5H,1H3,(H,8,9,10);1H. The first-order valence-electron chi connectivity index (χ1n) is 3.15. The highest BCUT2D eigenvalue weighted by Crippen LogP contribution is 2.16. The largest absolute Gasteiger partial charge is 0.294 e. The van der Waals surface area contributed by atoms with Crippen molar-refractivity contribution < 1.29 is 13.0 Å². The molecular weight excluding hydrogens is 232 g/mol. The van der Waals surface area contributed by atoms with E-state index >= 15 is 0 Å². The number of thioether (sulfide) groups is 1. The van der Waals surface area contributed by atoms with Crippen LogP contribution >= 0.6 is 24.2 Å². The Balaban J connectivity index is 0.00000144. The van der Waals surface area contributed by atoms with Crippen molar-refractivity contribution in [1.82, 2.24) is 0 Å². The minimum Gasteiger partial charge on any atom is -0.282 e. The lowest BCUT2D eigenvalue weighted by molar-refractivity contribution is 0.483. The number of hydrogen-bond acceptors (Lipinski definition) is 3. The minimum atomic E-state index is -4.04. The van der Waals surface area contributed by atoms with Gasteiger partial charge in [0.25, 0.3) is 10.1 Å². The molecule has 13 heavy (non-hydrogen) atoms. The Morgan fingerprint density at radius 1 is 1.23 bits per heavy atom. The van der Waals surface area contributed by atoms with E-state index in [2.05, 4.69) is 0 Å². The summed E-state index contributed by atoms with van der Waals surface area (Å²) >= 11 is 1.51. The summed E-state index contributed by atoms with van der Waals surface area (Å²) in [5.74, 6) is 0. The molecule has 0 aliphatic rings. The second-order valence-corrected chi connectivity index (χ2v) is 4.45. The summed E-state index contributed by atoms with van der Waals surface area (Å²) in [6.45, 7) is 0. The zero-order valence-electron chi connectivity index (χ0n) is 6.80. The van der Waals surface area contributed by atoms with Crippen LogP contribution < -0.4 is 0 Å². The van der Waals surface area contributed by atoms with Gasteiger partial charge in [0.15, 0.2) is 0 Å². The van der Waals surface area contributed by atoms with Crippen LogP contribution in [0.3, 0.4) is 0 Å². The van der Waals surface area contributed by atoms with Crippen molar-refractivity contribution in [2.45, 2.75) is 9.79 Å². The normalized spacial score (nSPS) is 10.6. The summed E-state index contributed by atoms with van der Waals surface area (Å²) in [4.78, 5) is 0.891. The van der Waals surface area contributed by atoms with Crippen LogP contribution in [0.15, 0.2) is 34.1 Å². The number of halogens is 1. The maximum atomic E-state index is 10.6. The first kappa shape index (κ1) is 12.8. The molecule has 0 heterocycles. The van der Waals surface area contributed by atoms with Gasteiger partial charge in [0.1, 0.15) is 0 Å². The van der Waals surface area contributed by atoms with Gasteiger partial charge >= 0.3 is 0 Å². The third-order valence-electron chi connectivity index (χ3n) is 1.36. The Bertz CT molecular complexity index is 358. The van der Waals surface area contributed by atoms with Crippen LogP contribution in [-0.4, -0.2) is 19.2 Å². The van der Waals surface area contributed by atoms with E-state index in [0.29, 0.717) is 0 Å². The SMILES string of the molecule is CSc1ccc(S(=O)(=O)O)cc1.Cl. The topological polar surface area (TPSA) is 54.4 Å². The van der Waals surface area contributed by atoms with E-state index in [0.717, 1.165) is 4.90 Å². The highest BCUT2D eigenvalue weighted by Gasteiger charge is 2.07. The molecule has 1 N–H and O–H groups in total. The van der Waals surface area contributed by atoms with E-state index in [1.165, 1.54) is 23.9 Å². The van der Waals surface area contributed by atoms with Gasteiger partial charge in [0.2, 0.25) is 0 Å². The Morgan fingerprint density at radius 3 is 2.00 bits per heavy atom. The lowest BCUT2D eigenvalue weighted by Crippen LogP contribution is -1.96. The molecule has 1 rings (SSSR count). The van der Waals surface area contributed by atoms with Gasteiger partial charge in [-0.05, 0) is 30.5 Å². The Morgan fingerprint density at radius 2 is 1.69 bits per heavy atom. The second-order valence-electron chi connectivity index (χ2n) is 2.15. The van der Waals surface area contributed by atoms with Gasteiger partial charge in [-0.3, -0.25) is 4.55 Å². The van der Waals surface area contributed by atoms with Crippen LogP contribution in [0.4, 0.5) is 0 Å². The molecule has 0 radical (unpaired) electrons. The molecule has 0 amide bonds. The van der Waals surface area contributed by atoms with Gasteiger partial charge in [-0.1, -0.05) is 0 Å². The lowest BCUT2D eigenvalue weighted by atomic mass is 10.4. The second kappa shape index (κ2) is 4.85. The van der Waals surface area contributed by atoms with Gasteiger partial charge < -0.3 is 0 Å². The zero-order valence-corrected chi connectivity index (χ0v) is 9.25. The van der Waals surface area contributed by atoms with Crippen LogP contribution in [0.25, 0.3) is 0 Å². The minimum absolute atomic E-state index is 0. The lowest BCUT2D eigenvalue weighted by Gasteiger charge is -1.97. The van der Waals surface area contributed by atoms with Gasteiger partial charge in [0, 0.05) is 4.90 Å². The highest BCUT2D eigenvalue weighted by atomic mass is 35.5. The van der Waals surface area contributed by atoms with E-state index in [-0.39, 0.29) is 17.3 Å². The highest BCUT2D eigenvalue weighted by molar-refractivity contribution is 7.98. The van der Waals surface area contributed by atoms with E-state index in [1.54, 1.807) is 12.1 Å². The van der Waals surface area contributed by atoms with Crippen molar-refractivity contribution in [3.63, 3.8) is 0 Å². The molecule has 0 spiro atoms. The Hall–Kier alpha value is -0.230. The van der Waals surface area contributed by atoms with Crippen molar-refractivity contribution in [3.05, 3.63) is 24.3 Å². The molecule has 0 aliphatic heterocycles. The van der Waals surface area contributed by atoms with Crippen LogP contribution in [0.5, 0.6) is 0 Å². The molecule has 0 fully saturated rings. The van der Waals surface area contributed by atoms with E-state index in [1.807, 2.05) is 6.26 Å². The first-order chi connectivity index (χ1) is 5.54. The van der Waals surface area contributed by atoms with Crippen LogP contribution in [0.1, 0.15) is 0 Å². The van der Waals surface area contributed by atoms with Crippen molar-refractivity contribution in [1.29, 1.82) is 0 Å².